The normalized spacial score (nSPS) is 32.6. The number of ketones is 1. The summed E-state index contributed by atoms with van der Waals surface area (Å²) in [5, 5.41) is 24.6. The minimum Gasteiger partial charge on any atom is -0.449 e. The molecule has 0 saturated carbocycles. The summed E-state index contributed by atoms with van der Waals surface area (Å²) in [6.45, 7) is 12.5. The van der Waals surface area contributed by atoms with Crippen LogP contribution in [0.5, 0.6) is 0 Å². The number of hydrogen-bond acceptors (Lipinski definition) is 6. The minimum atomic E-state index is -1.18. The van der Waals surface area contributed by atoms with E-state index < -0.39 is 23.5 Å². The first-order chi connectivity index (χ1) is 15.8. The van der Waals surface area contributed by atoms with Gasteiger partial charge in [0.25, 0.3) is 0 Å². The lowest BCUT2D eigenvalue weighted by atomic mass is 9.73. The number of hydrogen-bond donors (Lipinski definition) is 3. The molecule has 0 radical (unpaired) electrons. The third-order valence-corrected chi connectivity index (χ3v) is 6.82. The Hall–Kier alpha value is -2.51. The number of nitrogens with zero attached hydrogens (tertiary/aromatic N) is 1. The van der Waals surface area contributed by atoms with Crippen LogP contribution in [-0.2, 0) is 9.59 Å². The first-order valence-corrected chi connectivity index (χ1v) is 12.0. The van der Waals surface area contributed by atoms with Crippen LogP contribution in [0.15, 0.2) is 40.1 Å². The summed E-state index contributed by atoms with van der Waals surface area (Å²) in [5.74, 6) is -0.836. The van der Waals surface area contributed by atoms with E-state index in [4.69, 9.17) is 4.42 Å². The van der Waals surface area contributed by atoms with Crippen LogP contribution in [0.2, 0.25) is 0 Å². The molecule has 1 amide bonds. The molecule has 7 heteroatoms. The molecule has 0 unspecified atom stereocenters. The predicted molar refractivity (Wildman–Crippen MR) is 133 cm³/mol. The summed E-state index contributed by atoms with van der Waals surface area (Å²) < 4.78 is 5.28. The van der Waals surface area contributed by atoms with Crippen LogP contribution in [0, 0.1) is 24.2 Å². The number of rotatable bonds is 2. The fraction of sp³-hybridized carbons (Fsp3) is 0.593. The Morgan fingerprint density at radius 3 is 2.50 bits per heavy atom. The molecular formula is C27H40N2O5. The Balaban J connectivity index is 2.38. The van der Waals surface area contributed by atoms with Crippen molar-refractivity contribution in [3.8, 4) is 0 Å². The summed E-state index contributed by atoms with van der Waals surface area (Å²) >= 11 is 0. The second-order valence-corrected chi connectivity index (χ2v) is 10.2. The van der Waals surface area contributed by atoms with E-state index in [0.717, 1.165) is 11.1 Å². The second kappa shape index (κ2) is 11.8. The molecule has 5 atom stereocenters. The SMILES string of the molecule is CC1=C\C[C@@H](/C(C)=C/c2coc(C)n2)NC(=O)C[C@H](O)C(C)(C)C(=O)[C@H](C)[C@@H](O)[C@@H](C)C\C=C\1. The number of carbonyl (C=O) groups excluding carboxylic acids is 2. The third kappa shape index (κ3) is 7.24. The summed E-state index contributed by atoms with van der Waals surface area (Å²) in [6, 6.07) is -0.313. The molecule has 34 heavy (non-hydrogen) atoms. The van der Waals surface area contributed by atoms with Crippen molar-refractivity contribution in [3.63, 3.8) is 0 Å². The van der Waals surface area contributed by atoms with E-state index in [1.807, 2.05) is 45.1 Å². The summed E-state index contributed by atoms with van der Waals surface area (Å²) in [7, 11) is 0. The number of aryl methyl sites for hydroxylation is 1. The lowest BCUT2D eigenvalue weighted by Crippen LogP contribution is -2.47. The highest BCUT2D eigenvalue weighted by Crippen LogP contribution is 2.31. The van der Waals surface area contributed by atoms with Gasteiger partial charge in [0.2, 0.25) is 5.91 Å². The van der Waals surface area contributed by atoms with Gasteiger partial charge in [-0.1, -0.05) is 51.5 Å². The highest BCUT2D eigenvalue weighted by Gasteiger charge is 2.42. The van der Waals surface area contributed by atoms with Crippen LogP contribution >= 0.6 is 0 Å². The number of aliphatic hydroxyl groups excluding tert-OH is 2. The zero-order valence-electron chi connectivity index (χ0n) is 21.5. The lowest BCUT2D eigenvalue weighted by Gasteiger charge is -2.34. The van der Waals surface area contributed by atoms with Gasteiger partial charge in [0.05, 0.1) is 30.1 Å². The molecule has 0 aromatic carbocycles. The first kappa shape index (κ1) is 27.7. The quantitative estimate of drug-likeness (QED) is 0.596. The van der Waals surface area contributed by atoms with Gasteiger partial charge in [-0.2, -0.15) is 0 Å². The van der Waals surface area contributed by atoms with Gasteiger partial charge in [0.1, 0.15) is 17.7 Å². The number of nitrogens with one attached hydrogen (secondary N) is 1. The molecule has 0 fully saturated rings. The number of carbonyl (C=O) groups is 2. The van der Waals surface area contributed by atoms with E-state index in [1.165, 1.54) is 0 Å². The standard InChI is InChI=1S/C27H40N2O5/c1-16-9-8-10-17(2)25(32)19(4)26(33)27(6,7)23(30)14-24(31)29-22(12-11-16)18(3)13-21-15-34-20(5)28-21/h8-9,11,13,15,17,19,22-23,25,30,32H,10,12,14H2,1-7H3,(H,29,31)/b9-8+,16-11+,18-13+/t17-,19+,22-,23-,25-/m0/s1. The molecule has 7 nitrogen and oxygen atoms in total. The topological polar surface area (TPSA) is 113 Å². The maximum absolute atomic E-state index is 13.2. The minimum absolute atomic E-state index is 0.129. The second-order valence-electron chi connectivity index (χ2n) is 10.2. The molecule has 0 spiro atoms. The molecule has 1 aromatic rings. The largest absolute Gasteiger partial charge is 0.449 e. The highest BCUT2D eigenvalue weighted by atomic mass is 16.3. The molecule has 188 valence electrons. The van der Waals surface area contributed by atoms with Crippen molar-refractivity contribution in [3.05, 3.63) is 47.2 Å². The van der Waals surface area contributed by atoms with E-state index >= 15 is 0 Å². The van der Waals surface area contributed by atoms with E-state index in [1.54, 1.807) is 34.0 Å². The average Bonchev–Trinajstić information content (AvgIpc) is 3.18. The monoisotopic (exact) mass is 472 g/mol. The van der Waals surface area contributed by atoms with Crippen molar-refractivity contribution < 1.29 is 24.2 Å². The maximum Gasteiger partial charge on any atom is 0.223 e. The van der Waals surface area contributed by atoms with E-state index in [9.17, 15) is 19.8 Å². The maximum atomic E-state index is 13.2. The van der Waals surface area contributed by atoms with Crippen molar-refractivity contribution in [1.29, 1.82) is 0 Å². The van der Waals surface area contributed by atoms with Crippen molar-refractivity contribution in [2.45, 2.75) is 86.0 Å². The molecular weight excluding hydrogens is 432 g/mol. The number of amides is 1. The van der Waals surface area contributed by atoms with Gasteiger partial charge in [0, 0.05) is 12.8 Å². The van der Waals surface area contributed by atoms with Gasteiger partial charge in [-0.15, -0.1) is 0 Å². The fourth-order valence-electron chi connectivity index (χ4n) is 4.20. The number of Topliss-reactive ketones (excluding diaryl/α,β-unsaturated/α-hetero) is 1. The van der Waals surface area contributed by atoms with Crippen LogP contribution in [0.1, 0.15) is 72.4 Å². The third-order valence-electron chi connectivity index (χ3n) is 6.82. The smallest absolute Gasteiger partial charge is 0.223 e. The summed E-state index contributed by atoms with van der Waals surface area (Å²) in [4.78, 5) is 30.4. The number of allylic oxidation sites excluding steroid dienone is 3. The average molecular weight is 473 g/mol. The Labute approximate surface area is 203 Å². The van der Waals surface area contributed by atoms with Crippen LogP contribution in [0.3, 0.4) is 0 Å². The Morgan fingerprint density at radius 1 is 1.21 bits per heavy atom. The Morgan fingerprint density at radius 2 is 1.88 bits per heavy atom. The lowest BCUT2D eigenvalue weighted by molar-refractivity contribution is -0.143. The van der Waals surface area contributed by atoms with E-state index in [2.05, 4.69) is 10.3 Å². The van der Waals surface area contributed by atoms with Crippen molar-refractivity contribution in [1.82, 2.24) is 10.3 Å². The molecule has 3 N–H and O–H groups in total. The Bertz CT molecular complexity index is 956. The molecule has 2 rings (SSSR count). The zero-order chi connectivity index (χ0) is 25.6. The van der Waals surface area contributed by atoms with Gasteiger partial charge in [-0.25, -0.2) is 4.98 Å². The van der Waals surface area contributed by atoms with Crippen molar-refractivity contribution in [2.24, 2.45) is 17.3 Å². The van der Waals surface area contributed by atoms with E-state index in [0.29, 0.717) is 24.4 Å². The van der Waals surface area contributed by atoms with Gasteiger partial charge in [-0.05, 0) is 44.3 Å². The zero-order valence-corrected chi connectivity index (χ0v) is 21.5. The van der Waals surface area contributed by atoms with Gasteiger partial charge in [-0.3, -0.25) is 9.59 Å². The van der Waals surface area contributed by atoms with Gasteiger partial charge >= 0.3 is 0 Å². The van der Waals surface area contributed by atoms with Gasteiger partial charge < -0.3 is 19.9 Å². The molecule has 1 aliphatic heterocycles. The van der Waals surface area contributed by atoms with Gasteiger partial charge in [0.15, 0.2) is 5.89 Å². The van der Waals surface area contributed by atoms with E-state index in [-0.39, 0.29) is 30.1 Å². The summed E-state index contributed by atoms with van der Waals surface area (Å²) in [5.41, 5.74) is 1.42. The van der Waals surface area contributed by atoms with Crippen LogP contribution in [0.25, 0.3) is 6.08 Å². The number of aromatic nitrogens is 1. The highest BCUT2D eigenvalue weighted by molar-refractivity contribution is 5.88. The molecule has 1 aliphatic rings. The Kier molecular flexibility index (Phi) is 9.59. The number of aliphatic hydroxyl groups is 2. The van der Waals surface area contributed by atoms with Crippen LogP contribution < -0.4 is 5.32 Å². The molecule has 0 aliphatic carbocycles. The molecule has 2 heterocycles. The van der Waals surface area contributed by atoms with Crippen LogP contribution in [-0.4, -0.2) is 45.1 Å². The summed E-state index contributed by atoms with van der Waals surface area (Å²) in [6.07, 6.45) is 8.41. The molecule has 0 bridgehead atoms. The molecule has 0 saturated heterocycles. The molecule has 1 aromatic heterocycles. The predicted octanol–water partition coefficient (Wildman–Crippen LogP) is 4.15. The first-order valence-electron chi connectivity index (χ1n) is 12.0. The number of oxazole rings is 1. The van der Waals surface area contributed by atoms with Crippen molar-refractivity contribution in [2.75, 3.05) is 0 Å². The van der Waals surface area contributed by atoms with Crippen molar-refractivity contribution >= 4 is 17.8 Å². The fourth-order valence-corrected chi connectivity index (χ4v) is 4.20. The van der Waals surface area contributed by atoms with Crippen LogP contribution in [0.4, 0.5) is 0 Å².